The Morgan fingerprint density at radius 2 is 1.38 bits per heavy atom. The quantitative estimate of drug-likeness (QED) is 0.393. The van der Waals surface area contributed by atoms with Gasteiger partial charge >= 0.3 is 5.97 Å². The van der Waals surface area contributed by atoms with Gasteiger partial charge in [-0.05, 0) is 65.2 Å². The van der Waals surface area contributed by atoms with Gasteiger partial charge in [-0.25, -0.2) is 4.79 Å². The molecule has 3 aromatic rings. The molecule has 0 amide bonds. The smallest absolute Gasteiger partial charge is 0.341 e. The third-order valence-electron chi connectivity index (χ3n) is 4.03. The molecule has 0 aliphatic rings. The molecule has 0 atom stereocenters. The lowest BCUT2D eigenvalue weighted by atomic mass is 9.98. The number of halogens is 2. The van der Waals surface area contributed by atoms with Crippen molar-refractivity contribution in [1.82, 2.24) is 0 Å². The second-order valence-corrected chi connectivity index (χ2v) is 8.06. The predicted molar refractivity (Wildman–Crippen MR) is 120 cm³/mol. The average Bonchev–Trinajstić information content (AvgIpc) is 2.72. The van der Waals surface area contributed by atoms with Gasteiger partial charge < -0.3 is 9.84 Å². The van der Waals surface area contributed by atoms with Crippen LogP contribution in [0.5, 0.6) is 5.75 Å². The maximum atomic E-state index is 10.6. The topological polar surface area (TPSA) is 46.5 Å². The van der Waals surface area contributed by atoms with Crippen LogP contribution >= 0.6 is 35.0 Å². The molecule has 0 unspecified atom stereocenters. The fourth-order valence-electron chi connectivity index (χ4n) is 2.66. The molecule has 0 radical (unpaired) electrons. The summed E-state index contributed by atoms with van der Waals surface area (Å²) in [4.78, 5) is 11.6. The molecule has 148 valence electrons. The van der Waals surface area contributed by atoms with Crippen LogP contribution in [0.4, 0.5) is 0 Å². The van der Waals surface area contributed by atoms with Crippen molar-refractivity contribution in [2.45, 2.75) is 4.90 Å². The van der Waals surface area contributed by atoms with Crippen LogP contribution in [0.3, 0.4) is 0 Å². The van der Waals surface area contributed by atoms with Gasteiger partial charge in [-0.15, -0.1) is 11.8 Å². The molecule has 0 aliphatic heterocycles. The van der Waals surface area contributed by atoms with E-state index in [0.717, 1.165) is 27.3 Å². The van der Waals surface area contributed by atoms with E-state index in [9.17, 15) is 4.79 Å². The van der Waals surface area contributed by atoms with Crippen LogP contribution in [0, 0.1) is 0 Å². The molecule has 0 aliphatic carbocycles. The lowest BCUT2D eigenvalue weighted by Gasteiger charge is -2.10. The number of carboxylic acids is 1. The zero-order valence-electron chi connectivity index (χ0n) is 15.3. The summed E-state index contributed by atoms with van der Waals surface area (Å²) in [5, 5.41) is 10.1. The van der Waals surface area contributed by atoms with E-state index in [2.05, 4.69) is 6.08 Å². The molecule has 1 N–H and O–H groups in total. The number of aliphatic carboxylic acids is 1. The van der Waals surface area contributed by atoms with Gasteiger partial charge in [0.05, 0.1) is 0 Å². The minimum absolute atomic E-state index is 0.346. The van der Waals surface area contributed by atoms with Gasteiger partial charge in [0.2, 0.25) is 0 Å². The summed E-state index contributed by atoms with van der Waals surface area (Å²) >= 11 is 13.7. The molecule has 0 saturated carbocycles. The first-order valence-corrected chi connectivity index (χ1v) is 10.5. The van der Waals surface area contributed by atoms with Crippen LogP contribution in [0.25, 0.3) is 5.57 Å². The second kappa shape index (κ2) is 10.4. The lowest BCUT2D eigenvalue weighted by molar-refractivity contribution is -0.139. The van der Waals surface area contributed by atoms with Gasteiger partial charge in [0.1, 0.15) is 5.75 Å². The SMILES string of the molecule is O=C(O)COc1ccc(SCC=C(c2ccc(Cl)cc2)c2ccc(Cl)cc2)cc1. The number of hydrogen-bond acceptors (Lipinski definition) is 3. The first-order chi connectivity index (χ1) is 14.0. The Balaban J connectivity index is 1.73. The minimum atomic E-state index is -0.995. The number of carbonyl (C=O) groups is 1. The predicted octanol–water partition coefficient (Wildman–Crippen LogP) is 6.68. The maximum Gasteiger partial charge on any atom is 0.341 e. The van der Waals surface area contributed by atoms with E-state index in [1.807, 2.05) is 60.7 Å². The van der Waals surface area contributed by atoms with E-state index < -0.39 is 5.97 Å². The van der Waals surface area contributed by atoms with Gasteiger partial charge in [-0.1, -0.05) is 53.5 Å². The van der Waals surface area contributed by atoms with Crippen LogP contribution in [0.15, 0.2) is 83.8 Å². The van der Waals surface area contributed by atoms with E-state index >= 15 is 0 Å². The Kier molecular flexibility index (Phi) is 7.64. The number of rotatable bonds is 8. The van der Waals surface area contributed by atoms with Crippen molar-refractivity contribution in [3.63, 3.8) is 0 Å². The summed E-state index contributed by atoms with van der Waals surface area (Å²) < 4.78 is 5.16. The molecule has 0 saturated heterocycles. The molecule has 0 fully saturated rings. The highest BCUT2D eigenvalue weighted by Gasteiger charge is 2.06. The standard InChI is InChI=1S/C23H18Cl2O3S/c24-18-5-1-16(2-6-18)22(17-3-7-19(25)8-4-17)13-14-29-21-11-9-20(10-12-21)28-15-23(26)27/h1-13H,14-15H2,(H,26,27). The summed E-state index contributed by atoms with van der Waals surface area (Å²) in [5.41, 5.74) is 3.26. The van der Waals surface area contributed by atoms with E-state index in [1.165, 1.54) is 0 Å². The number of carboxylic acid groups (broad SMARTS) is 1. The molecule has 0 heterocycles. The van der Waals surface area contributed by atoms with E-state index in [4.69, 9.17) is 33.0 Å². The number of ether oxygens (including phenoxy) is 1. The van der Waals surface area contributed by atoms with E-state index in [0.29, 0.717) is 15.8 Å². The van der Waals surface area contributed by atoms with Crippen molar-refractivity contribution in [3.8, 4) is 5.75 Å². The van der Waals surface area contributed by atoms with Gasteiger partial charge in [-0.3, -0.25) is 0 Å². The summed E-state index contributed by atoms with van der Waals surface area (Å²) in [6.07, 6.45) is 2.17. The highest BCUT2D eigenvalue weighted by molar-refractivity contribution is 7.99. The van der Waals surface area contributed by atoms with Gasteiger partial charge in [-0.2, -0.15) is 0 Å². The Morgan fingerprint density at radius 3 is 1.86 bits per heavy atom. The third-order valence-corrected chi connectivity index (χ3v) is 5.48. The fraction of sp³-hybridized carbons (Fsp3) is 0.0870. The van der Waals surface area contributed by atoms with Crippen LogP contribution in [0.1, 0.15) is 11.1 Å². The fourth-order valence-corrected chi connectivity index (χ4v) is 3.68. The van der Waals surface area contributed by atoms with Gasteiger partial charge in [0.15, 0.2) is 6.61 Å². The maximum absolute atomic E-state index is 10.6. The van der Waals surface area contributed by atoms with E-state index in [1.54, 1.807) is 23.9 Å². The third kappa shape index (κ3) is 6.57. The largest absolute Gasteiger partial charge is 0.482 e. The van der Waals surface area contributed by atoms with Crippen LogP contribution in [0.2, 0.25) is 10.0 Å². The lowest BCUT2D eigenvalue weighted by Crippen LogP contribution is -2.09. The zero-order chi connectivity index (χ0) is 20.6. The molecular weight excluding hydrogens is 427 g/mol. The number of hydrogen-bond donors (Lipinski definition) is 1. The van der Waals surface area contributed by atoms with Crippen molar-refractivity contribution >= 4 is 46.5 Å². The van der Waals surface area contributed by atoms with Gasteiger partial charge in [0.25, 0.3) is 0 Å². The van der Waals surface area contributed by atoms with Crippen molar-refractivity contribution < 1.29 is 14.6 Å². The van der Waals surface area contributed by atoms with Gasteiger partial charge in [0, 0.05) is 20.7 Å². The van der Waals surface area contributed by atoms with Crippen molar-refractivity contribution in [2.24, 2.45) is 0 Å². The summed E-state index contributed by atoms with van der Waals surface area (Å²) in [6, 6.07) is 22.9. The molecule has 3 rings (SSSR count). The second-order valence-electron chi connectivity index (χ2n) is 6.10. The summed E-state index contributed by atoms with van der Waals surface area (Å²) in [5.74, 6) is 0.302. The van der Waals surface area contributed by atoms with Crippen molar-refractivity contribution in [3.05, 3.63) is 100 Å². The zero-order valence-corrected chi connectivity index (χ0v) is 17.7. The van der Waals surface area contributed by atoms with Crippen molar-refractivity contribution in [1.29, 1.82) is 0 Å². The molecule has 0 bridgehead atoms. The Labute approximate surface area is 183 Å². The van der Waals surface area contributed by atoms with E-state index in [-0.39, 0.29) is 6.61 Å². The first kappa shape index (κ1) is 21.3. The highest BCUT2D eigenvalue weighted by Crippen LogP contribution is 2.28. The molecule has 0 spiro atoms. The Bertz CT molecular complexity index is 935. The number of benzene rings is 3. The molecular formula is C23H18Cl2O3S. The average molecular weight is 445 g/mol. The van der Waals surface area contributed by atoms with Crippen LogP contribution in [-0.2, 0) is 4.79 Å². The Hall–Kier alpha value is -2.40. The van der Waals surface area contributed by atoms with Crippen LogP contribution < -0.4 is 4.74 Å². The van der Waals surface area contributed by atoms with Crippen molar-refractivity contribution in [2.75, 3.05) is 12.4 Å². The molecule has 3 aromatic carbocycles. The summed E-state index contributed by atoms with van der Waals surface area (Å²) in [6.45, 7) is -0.346. The molecule has 3 nitrogen and oxygen atoms in total. The molecule has 6 heteroatoms. The number of thioether (sulfide) groups is 1. The monoisotopic (exact) mass is 444 g/mol. The van der Waals surface area contributed by atoms with Crippen LogP contribution in [-0.4, -0.2) is 23.4 Å². The Morgan fingerprint density at radius 1 is 0.862 bits per heavy atom. The normalized spacial score (nSPS) is 10.4. The molecule has 29 heavy (non-hydrogen) atoms. The first-order valence-electron chi connectivity index (χ1n) is 8.81. The minimum Gasteiger partial charge on any atom is -0.482 e. The summed E-state index contributed by atoms with van der Waals surface area (Å²) in [7, 11) is 0. The highest BCUT2D eigenvalue weighted by atomic mass is 35.5. The molecule has 0 aromatic heterocycles.